The predicted molar refractivity (Wildman–Crippen MR) is 275 cm³/mol. The molecule has 1 N–H and O–H groups in total. The maximum atomic E-state index is 3.84. The van der Waals surface area contributed by atoms with E-state index < -0.39 is 5.41 Å². The Balaban J connectivity index is 1.02. The molecule has 1 spiro atoms. The van der Waals surface area contributed by atoms with Crippen molar-refractivity contribution in [1.29, 1.82) is 0 Å². The van der Waals surface area contributed by atoms with E-state index in [0.717, 1.165) is 11.4 Å². The highest BCUT2D eigenvalue weighted by Gasteiger charge is 2.55. The molecule has 0 bridgehead atoms. The van der Waals surface area contributed by atoms with Crippen LogP contribution >= 0.6 is 11.3 Å². The molecule has 1 aliphatic heterocycles. The van der Waals surface area contributed by atoms with Gasteiger partial charge in [-0.05, 0) is 109 Å². The van der Waals surface area contributed by atoms with Crippen molar-refractivity contribution >= 4 is 75.5 Å². The van der Waals surface area contributed by atoms with Gasteiger partial charge in [0.15, 0.2) is 0 Å². The summed E-state index contributed by atoms with van der Waals surface area (Å²) >= 11 is 1.86. The van der Waals surface area contributed by atoms with Gasteiger partial charge in [0.25, 0.3) is 0 Å². The van der Waals surface area contributed by atoms with Gasteiger partial charge in [-0.1, -0.05) is 172 Å². The number of rotatable bonds is 3. The van der Waals surface area contributed by atoms with E-state index in [4.69, 9.17) is 0 Å². The lowest BCUT2D eigenvalue weighted by atomic mass is 9.55. The van der Waals surface area contributed by atoms with Crippen molar-refractivity contribution in [2.24, 2.45) is 0 Å². The number of anilines is 2. The maximum absolute atomic E-state index is 3.84. The number of para-hydroxylation sites is 2. The van der Waals surface area contributed by atoms with E-state index in [0.29, 0.717) is 0 Å². The number of fused-ring (bicyclic) bond motifs is 16. The van der Waals surface area contributed by atoms with Crippen LogP contribution in [-0.2, 0) is 10.8 Å². The van der Waals surface area contributed by atoms with Crippen LogP contribution in [0.3, 0.4) is 0 Å². The van der Waals surface area contributed by atoms with Gasteiger partial charge in [0, 0.05) is 48.5 Å². The van der Waals surface area contributed by atoms with Crippen LogP contribution in [0.5, 0.6) is 0 Å². The molecule has 65 heavy (non-hydrogen) atoms. The summed E-state index contributed by atoms with van der Waals surface area (Å²) in [5, 5.41) is 11.5. The van der Waals surface area contributed by atoms with Crippen LogP contribution in [0.25, 0.3) is 91.8 Å². The Labute approximate surface area is 380 Å². The molecule has 0 radical (unpaired) electrons. The Bertz CT molecular complexity index is 4030. The van der Waals surface area contributed by atoms with E-state index in [2.05, 4.69) is 224 Å². The Morgan fingerprint density at radius 1 is 0.446 bits per heavy atom. The Morgan fingerprint density at radius 3 is 1.97 bits per heavy atom. The van der Waals surface area contributed by atoms with E-state index >= 15 is 0 Å². The van der Waals surface area contributed by atoms with Crippen LogP contribution in [-0.4, -0.2) is 4.57 Å². The van der Waals surface area contributed by atoms with Gasteiger partial charge < -0.3 is 9.88 Å². The summed E-state index contributed by atoms with van der Waals surface area (Å²) in [6, 6.07) is 75.9. The normalized spacial score (nSPS) is 14.6. The molecule has 2 aliphatic carbocycles. The lowest BCUT2D eigenvalue weighted by molar-refractivity contribution is 0.563. The van der Waals surface area contributed by atoms with Gasteiger partial charge >= 0.3 is 0 Å². The van der Waals surface area contributed by atoms with Crippen LogP contribution in [0.2, 0.25) is 0 Å². The minimum atomic E-state index is -0.510. The number of nitrogens with one attached hydrogen (secondary N) is 1. The van der Waals surface area contributed by atoms with Gasteiger partial charge in [0.1, 0.15) is 0 Å². The van der Waals surface area contributed by atoms with Crippen molar-refractivity contribution in [3.05, 3.63) is 234 Å². The summed E-state index contributed by atoms with van der Waals surface area (Å²) in [5.74, 6) is 0. The second-order valence-corrected chi connectivity index (χ2v) is 19.9. The Kier molecular flexibility index (Phi) is 6.87. The molecule has 0 saturated carbocycles. The first-order chi connectivity index (χ1) is 32.0. The van der Waals surface area contributed by atoms with Crippen molar-refractivity contribution in [2.75, 3.05) is 5.32 Å². The SMILES string of the molecule is CC1(C)c2ccccc2C2(c3ccccc31)c1ccc(-c3ccc4ccc(Nc5cccc6c5sc5ccccc56)cc4c3)c3c1-c1c2ccc2c4ccccc4n(c12)-c1ccccc1-3. The zero-order valence-corrected chi connectivity index (χ0v) is 36.7. The van der Waals surface area contributed by atoms with Gasteiger partial charge in [-0.3, -0.25) is 0 Å². The van der Waals surface area contributed by atoms with Gasteiger partial charge in [-0.25, -0.2) is 0 Å². The number of aromatic nitrogens is 1. The molecule has 15 rings (SSSR count). The molecule has 10 aromatic carbocycles. The van der Waals surface area contributed by atoms with Gasteiger partial charge in [-0.2, -0.15) is 0 Å². The molecule has 2 nitrogen and oxygen atoms in total. The van der Waals surface area contributed by atoms with E-state index in [9.17, 15) is 0 Å². The van der Waals surface area contributed by atoms with E-state index in [-0.39, 0.29) is 5.41 Å². The van der Waals surface area contributed by atoms with Gasteiger partial charge in [0.2, 0.25) is 0 Å². The second kappa shape index (κ2) is 12.5. The average Bonchev–Trinajstić information content (AvgIpc) is 3.97. The molecule has 0 amide bonds. The number of hydrogen-bond acceptors (Lipinski definition) is 2. The molecule has 3 aliphatic rings. The molecule has 304 valence electrons. The molecular formula is C62H40N2S. The topological polar surface area (TPSA) is 17.0 Å². The van der Waals surface area contributed by atoms with E-state index in [1.54, 1.807) is 0 Å². The summed E-state index contributed by atoms with van der Waals surface area (Å²) in [6.07, 6.45) is 0. The quantitative estimate of drug-likeness (QED) is 0.187. The first-order valence-corrected chi connectivity index (χ1v) is 23.6. The van der Waals surface area contributed by atoms with Crippen molar-refractivity contribution in [3.63, 3.8) is 0 Å². The third kappa shape index (κ3) is 4.44. The summed E-state index contributed by atoms with van der Waals surface area (Å²) in [7, 11) is 0. The fourth-order valence-corrected chi connectivity index (χ4v) is 13.8. The summed E-state index contributed by atoms with van der Waals surface area (Å²) in [4.78, 5) is 0. The highest BCUT2D eigenvalue weighted by atomic mass is 32.1. The highest BCUT2D eigenvalue weighted by Crippen LogP contribution is 2.66. The molecule has 0 atom stereocenters. The van der Waals surface area contributed by atoms with Crippen LogP contribution in [0.4, 0.5) is 11.4 Å². The second-order valence-electron chi connectivity index (χ2n) is 18.8. The zero-order valence-electron chi connectivity index (χ0n) is 35.9. The van der Waals surface area contributed by atoms with Crippen molar-refractivity contribution < 1.29 is 0 Å². The molecule has 0 unspecified atom stereocenters. The zero-order chi connectivity index (χ0) is 42.8. The van der Waals surface area contributed by atoms with Gasteiger partial charge in [-0.15, -0.1) is 11.3 Å². The number of thiophene rings is 1. The Morgan fingerprint density at radius 2 is 1.12 bits per heavy atom. The largest absolute Gasteiger partial charge is 0.354 e. The van der Waals surface area contributed by atoms with Crippen molar-refractivity contribution in [3.8, 4) is 39.1 Å². The first-order valence-electron chi connectivity index (χ1n) is 22.8. The molecule has 3 heterocycles. The monoisotopic (exact) mass is 844 g/mol. The fourth-order valence-electron chi connectivity index (χ4n) is 12.7. The molecule has 2 aromatic heterocycles. The number of benzene rings is 10. The van der Waals surface area contributed by atoms with Crippen LogP contribution in [0, 0.1) is 0 Å². The lowest BCUT2D eigenvalue weighted by Crippen LogP contribution is -2.40. The molecule has 0 saturated heterocycles. The maximum Gasteiger partial charge on any atom is 0.0720 e. The Hall–Kier alpha value is -7.72. The van der Waals surface area contributed by atoms with Crippen LogP contribution < -0.4 is 5.32 Å². The number of nitrogens with zero attached hydrogens (tertiary/aromatic N) is 1. The molecular weight excluding hydrogens is 805 g/mol. The van der Waals surface area contributed by atoms with Crippen molar-refractivity contribution in [1.82, 2.24) is 4.57 Å². The summed E-state index contributed by atoms with van der Waals surface area (Å²) < 4.78 is 5.18. The van der Waals surface area contributed by atoms with E-state index in [1.807, 2.05) is 11.3 Å². The average molecular weight is 845 g/mol. The standard InChI is InChI=1S/C62H40N2S/c1-61(2)46-18-6-8-20-48(46)62(49-21-9-7-19-47(49)61)50-32-30-40(56-45-16-4-11-24-54(45)64-53-23-10-3-14-41(53)43-31-33-51(62)58(57(50)56)59(43)64)37-27-26-36-28-29-39(35-38(36)34-37)63-52-22-13-17-44-42-15-5-12-25-55(42)65-60(44)52/h3-35,63H,1-2H3. The summed E-state index contributed by atoms with van der Waals surface area (Å²) in [5.41, 5.74) is 21.3. The number of hydrogen-bond donors (Lipinski definition) is 1. The van der Waals surface area contributed by atoms with Gasteiger partial charge in [0.05, 0.1) is 32.5 Å². The first kappa shape index (κ1) is 35.7. The van der Waals surface area contributed by atoms with Crippen molar-refractivity contribution in [2.45, 2.75) is 24.7 Å². The minimum absolute atomic E-state index is 0.171. The minimum Gasteiger partial charge on any atom is -0.354 e. The third-order valence-corrected chi connectivity index (χ3v) is 16.6. The lowest BCUT2D eigenvalue weighted by Gasteiger charge is -2.46. The molecule has 12 aromatic rings. The smallest absolute Gasteiger partial charge is 0.0720 e. The van der Waals surface area contributed by atoms with Crippen LogP contribution in [0.15, 0.2) is 200 Å². The molecule has 3 heteroatoms. The fraction of sp³-hybridized carbons (Fsp3) is 0.0645. The molecule has 0 fully saturated rings. The highest BCUT2D eigenvalue weighted by molar-refractivity contribution is 7.26. The third-order valence-electron chi connectivity index (χ3n) is 15.4. The predicted octanol–water partition coefficient (Wildman–Crippen LogP) is 16.7. The van der Waals surface area contributed by atoms with Crippen LogP contribution in [0.1, 0.15) is 47.2 Å². The summed E-state index contributed by atoms with van der Waals surface area (Å²) in [6.45, 7) is 4.82. The van der Waals surface area contributed by atoms with E-state index in [1.165, 1.54) is 125 Å².